The van der Waals surface area contributed by atoms with Gasteiger partial charge in [0.2, 0.25) is 5.91 Å². The van der Waals surface area contributed by atoms with Crippen LogP contribution >= 0.6 is 11.6 Å². The van der Waals surface area contributed by atoms with Gasteiger partial charge in [-0.15, -0.1) is 0 Å². The molecule has 0 saturated carbocycles. The zero-order chi connectivity index (χ0) is 32.5. The van der Waals surface area contributed by atoms with Gasteiger partial charge in [-0.3, -0.25) is 4.79 Å². The average Bonchev–Trinajstić information content (AvgIpc) is 3.46. The molecule has 1 fully saturated rings. The number of anilines is 1. The van der Waals surface area contributed by atoms with E-state index < -0.39 is 5.54 Å². The average molecular weight is 643 g/mol. The maximum atomic E-state index is 14.4. The van der Waals surface area contributed by atoms with Gasteiger partial charge in [-0.05, 0) is 86.4 Å². The Labute approximate surface area is 279 Å². The normalized spacial score (nSPS) is 14.4. The molecule has 0 spiro atoms. The van der Waals surface area contributed by atoms with E-state index in [0.29, 0.717) is 22.0 Å². The molecule has 2 heterocycles. The lowest BCUT2D eigenvalue weighted by molar-refractivity contribution is -0.121. The van der Waals surface area contributed by atoms with E-state index >= 15 is 0 Å². The highest BCUT2D eigenvalue weighted by atomic mass is 35.5. The van der Waals surface area contributed by atoms with Crippen LogP contribution in [0.25, 0.3) is 22.0 Å². The predicted molar refractivity (Wildman–Crippen MR) is 188 cm³/mol. The molecule has 1 aromatic heterocycles. The lowest BCUT2D eigenvalue weighted by Crippen LogP contribution is -2.39. The van der Waals surface area contributed by atoms with Gasteiger partial charge in [-0.25, -0.2) is 9.07 Å². The Morgan fingerprint density at radius 1 is 0.830 bits per heavy atom. The highest BCUT2D eigenvalue weighted by molar-refractivity contribution is 6.34. The van der Waals surface area contributed by atoms with Gasteiger partial charge < -0.3 is 10.2 Å². The molecule has 0 bridgehead atoms. The maximum absolute atomic E-state index is 14.4. The van der Waals surface area contributed by atoms with E-state index in [9.17, 15) is 9.18 Å². The summed E-state index contributed by atoms with van der Waals surface area (Å²) in [6.07, 6.45) is 1.58. The first-order chi connectivity index (χ1) is 22.9. The van der Waals surface area contributed by atoms with Crippen molar-refractivity contribution in [3.05, 3.63) is 154 Å². The number of nitrogens with one attached hydrogen (secondary N) is 1. The van der Waals surface area contributed by atoms with Crippen molar-refractivity contribution in [1.29, 1.82) is 0 Å². The first-order valence-electron chi connectivity index (χ1n) is 16.0. The molecule has 1 aliphatic rings. The Morgan fingerprint density at radius 2 is 1.38 bits per heavy atom. The number of piperidine rings is 1. The van der Waals surface area contributed by atoms with Crippen LogP contribution < -0.4 is 5.32 Å². The minimum Gasteiger partial charge on any atom is -0.308 e. The van der Waals surface area contributed by atoms with Crippen molar-refractivity contribution < 1.29 is 9.18 Å². The molecular weight excluding hydrogens is 607 g/mol. The van der Waals surface area contributed by atoms with Crippen molar-refractivity contribution in [3.63, 3.8) is 0 Å². The van der Waals surface area contributed by atoms with Gasteiger partial charge in [-0.2, -0.15) is 5.10 Å². The largest absolute Gasteiger partial charge is 0.308 e. The third kappa shape index (κ3) is 5.52. The number of aromatic nitrogens is 2. The zero-order valence-corrected chi connectivity index (χ0v) is 27.2. The molecule has 5 nitrogen and oxygen atoms in total. The number of hydrogen-bond donors (Lipinski definition) is 1. The van der Waals surface area contributed by atoms with Gasteiger partial charge >= 0.3 is 0 Å². The van der Waals surface area contributed by atoms with Crippen molar-refractivity contribution >= 4 is 34.2 Å². The topological polar surface area (TPSA) is 50.2 Å². The van der Waals surface area contributed by atoms with E-state index in [1.807, 2.05) is 77.5 Å². The molecule has 1 N–H and O–H groups in total. The second kappa shape index (κ2) is 12.8. The summed E-state index contributed by atoms with van der Waals surface area (Å²) in [7, 11) is 2.09. The molecule has 7 heteroatoms. The van der Waals surface area contributed by atoms with Crippen LogP contribution in [0.4, 0.5) is 10.2 Å². The molecule has 6 aromatic rings. The molecule has 0 radical (unpaired) electrons. The van der Waals surface area contributed by atoms with Gasteiger partial charge in [0.1, 0.15) is 11.4 Å². The Hall–Kier alpha value is -4.78. The highest BCUT2D eigenvalue weighted by Gasteiger charge is 2.41. The van der Waals surface area contributed by atoms with E-state index in [1.54, 1.807) is 13.0 Å². The first-order valence-corrected chi connectivity index (χ1v) is 16.4. The lowest BCUT2D eigenvalue weighted by Gasteiger charge is -2.37. The Kier molecular flexibility index (Phi) is 8.39. The number of fused-ring (bicyclic) bond motifs is 1. The summed E-state index contributed by atoms with van der Waals surface area (Å²) >= 11 is 6.71. The number of carbonyl (C=O) groups excluding carboxylic acids is 1. The molecule has 47 heavy (non-hydrogen) atoms. The molecule has 1 amide bonds. The molecule has 0 atom stereocenters. The number of rotatable bonds is 7. The van der Waals surface area contributed by atoms with Crippen LogP contribution in [0.2, 0.25) is 5.02 Å². The molecule has 236 valence electrons. The molecule has 0 unspecified atom stereocenters. The third-order valence-electron chi connectivity index (χ3n) is 9.53. The van der Waals surface area contributed by atoms with E-state index in [-0.39, 0.29) is 17.6 Å². The fourth-order valence-corrected chi connectivity index (χ4v) is 7.17. The fraction of sp³-hybridized carbons (Fsp3) is 0.200. The number of nitrogens with zero attached hydrogens (tertiary/aromatic N) is 3. The van der Waals surface area contributed by atoms with Crippen LogP contribution in [0.3, 0.4) is 0 Å². The monoisotopic (exact) mass is 642 g/mol. The third-order valence-corrected chi connectivity index (χ3v) is 10.0. The molecule has 1 aliphatic heterocycles. The van der Waals surface area contributed by atoms with Crippen LogP contribution in [-0.4, -0.2) is 40.7 Å². The summed E-state index contributed by atoms with van der Waals surface area (Å²) in [5.41, 5.74) is 4.94. The summed E-state index contributed by atoms with van der Waals surface area (Å²) < 4.78 is 16.5. The summed E-state index contributed by atoms with van der Waals surface area (Å²) in [4.78, 5) is 16.1. The minimum absolute atomic E-state index is 0.0320. The van der Waals surface area contributed by atoms with Gasteiger partial charge in [0.05, 0.1) is 10.5 Å². The second-order valence-electron chi connectivity index (χ2n) is 12.4. The Morgan fingerprint density at radius 3 is 1.94 bits per heavy atom. The highest BCUT2D eigenvalue weighted by Crippen LogP contribution is 2.44. The van der Waals surface area contributed by atoms with Crippen molar-refractivity contribution in [2.75, 3.05) is 25.5 Å². The number of likely N-dealkylation sites (tertiary alicyclic amines) is 1. The number of halogens is 2. The van der Waals surface area contributed by atoms with Gasteiger partial charge in [0.25, 0.3) is 0 Å². The Bertz CT molecular complexity index is 1940. The fourth-order valence-electron chi connectivity index (χ4n) is 6.91. The van der Waals surface area contributed by atoms with Crippen LogP contribution in [-0.2, 0) is 10.3 Å². The summed E-state index contributed by atoms with van der Waals surface area (Å²) in [5, 5.41) is 9.69. The number of hydrogen-bond acceptors (Lipinski definition) is 3. The lowest BCUT2D eigenvalue weighted by atomic mass is 9.77. The van der Waals surface area contributed by atoms with Crippen LogP contribution in [0.1, 0.15) is 35.1 Å². The summed E-state index contributed by atoms with van der Waals surface area (Å²) in [6.45, 7) is 3.43. The smallest absolute Gasteiger partial charge is 0.228 e. The number of carbonyl (C=O) groups is 1. The van der Waals surface area contributed by atoms with Crippen LogP contribution in [0.15, 0.2) is 121 Å². The van der Waals surface area contributed by atoms with E-state index in [2.05, 4.69) is 53.7 Å². The van der Waals surface area contributed by atoms with Crippen molar-refractivity contribution in [2.24, 2.45) is 5.92 Å². The minimum atomic E-state index is -0.885. The van der Waals surface area contributed by atoms with Crippen molar-refractivity contribution in [3.8, 4) is 11.1 Å². The molecule has 7 rings (SSSR count). The van der Waals surface area contributed by atoms with Crippen molar-refractivity contribution in [2.45, 2.75) is 25.3 Å². The maximum Gasteiger partial charge on any atom is 0.228 e. The van der Waals surface area contributed by atoms with E-state index in [4.69, 9.17) is 16.7 Å². The van der Waals surface area contributed by atoms with E-state index in [0.717, 1.165) is 59.1 Å². The first kappa shape index (κ1) is 30.9. The van der Waals surface area contributed by atoms with Crippen LogP contribution in [0.5, 0.6) is 0 Å². The quantitative estimate of drug-likeness (QED) is 0.177. The molecule has 0 aliphatic carbocycles. The summed E-state index contributed by atoms with van der Waals surface area (Å²) in [6, 6.07) is 40.2. The SMILES string of the molecule is Cc1c(F)ccc(-c2ccc3c(c2)c(NC(=O)C2CCN(C)CC2)nn3C(c2ccccc2)(c2ccccc2)c2ccccc2)c1Cl. The van der Waals surface area contributed by atoms with Crippen LogP contribution in [0, 0.1) is 18.7 Å². The molecule has 1 saturated heterocycles. The second-order valence-corrected chi connectivity index (χ2v) is 12.8. The van der Waals surface area contributed by atoms with Gasteiger partial charge in [0.15, 0.2) is 5.82 Å². The standard InChI is InChI=1S/C40H36ClFN4O/c1-27-35(42)20-19-33(37(27)41)29-18-21-36-34(26-29)38(43-39(47)28-22-24-45(2)25-23-28)44-46(36)40(30-12-6-3-7-13-30,31-14-8-4-9-15-31)32-16-10-5-11-17-32/h3-21,26,28H,22-25H2,1-2H3,(H,43,44,47). The number of amides is 1. The Balaban J connectivity index is 1.51. The molecule has 5 aromatic carbocycles. The zero-order valence-electron chi connectivity index (χ0n) is 26.5. The van der Waals surface area contributed by atoms with E-state index in [1.165, 1.54) is 6.07 Å². The molecular formula is C40H36ClFN4O. The summed E-state index contributed by atoms with van der Waals surface area (Å²) in [5.74, 6) is -0.00801. The van der Waals surface area contributed by atoms with Gasteiger partial charge in [-0.1, -0.05) is 109 Å². The number of benzene rings is 5. The van der Waals surface area contributed by atoms with Crippen molar-refractivity contribution in [1.82, 2.24) is 14.7 Å². The van der Waals surface area contributed by atoms with Gasteiger partial charge in [0, 0.05) is 22.4 Å². The predicted octanol–water partition coefficient (Wildman–Crippen LogP) is 8.92.